The fourth-order valence-corrected chi connectivity index (χ4v) is 1.05. The molecule has 4 heteroatoms. The SMILES string of the molecule is N#CC=CCSCC=CC(=O)O. The topological polar surface area (TPSA) is 61.1 Å². The number of carboxylic acids is 1. The lowest BCUT2D eigenvalue weighted by Gasteiger charge is -1.87. The van der Waals surface area contributed by atoms with E-state index in [-0.39, 0.29) is 0 Å². The lowest BCUT2D eigenvalue weighted by molar-refractivity contribution is -0.131. The highest BCUT2D eigenvalue weighted by Crippen LogP contribution is 1.99. The Balaban J connectivity index is 3.28. The molecule has 0 amide bonds. The van der Waals surface area contributed by atoms with Crippen molar-refractivity contribution in [1.29, 1.82) is 5.26 Å². The van der Waals surface area contributed by atoms with E-state index < -0.39 is 5.97 Å². The highest BCUT2D eigenvalue weighted by atomic mass is 32.2. The van der Waals surface area contributed by atoms with E-state index in [2.05, 4.69) is 0 Å². The molecule has 0 fully saturated rings. The van der Waals surface area contributed by atoms with Crippen molar-refractivity contribution < 1.29 is 9.90 Å². The average Bonchev–Trinajstić information content (AvgIpc) is 2.02. The number of hydrogen-bond donors (Lipinski definition) is 1. The summed E-state index contributed by atoms with van der Waals surface area (Å²) in [6.07, 6.45) is 5.83. The first-order valence-electron chi connectivity index (χ1n) is 3.29. The third-order valence-corrected chi connectivity index (χ3v) is 1.74. The molecule has 0 aliphatic carbocycles. The largest absolute Gasteiger partial charge is 0.478 e. The quantitative estimate of drug-likeness (QED) is 0.398. The molecule has 0 aromatic rings. The Kier molecular flexibility index (Phi) is 7.10. The van der Waals surface area contributed by atoms with Crippen molar-refractivity contribution >= 4 is 17.7 Å². The first-order valence-corrected chi connectivity index (χ1v) is 4.44. The Hall–Kier alpha value is -1.21. The smallest absolute Gasteiger partial charge is 0.328 e. The summed E-state index contributed by atoms with van der Waals surface area (Å²) in [4.78, 5) is 9.98. The van der Waals surface area contributed by atoms with Gasteiger partial charge in [-0.1, -0.05) is 12.2 Å². The third kappa shape index (κ3) is 8.79. The van der Waals surface area contributed by atoms with Crippen LogP contribution < -0.4 is 0 Å². The lowest BCUT2D eigenvalue weighted by atomic mass is 10.5. The van der Waals surface area contributed by atoms with Gasteiger partial charge >= 0.3 is 5.97 Å². The molecule has 0 aromatic heterocycles. The molecule has 0 saturated carbocycles. The molecule has 0 bridgehead atoms. The number of rotatable bonds is 5. The van der Waals surface area contributed by atoms with E-state index >= 15 is 0 Å². The van der Waals surface area contributed by atoms with Crippen LogP contribution in [-0.4, -0.2) is 22.6 Å². The normalized spacial score (nSPS) is 10.6. The van der Waals surface area contributed by atoms with E-state index in [1.165, 1.54) is 6.08 Å². The van der Waals surface area contributed by atoms with E-state index in [9.17, 15) is 4.79 Å². The van der Waals surface area contributed by atoms with Crippen molar-refractivity contribution in [3.8, 4) is 6.07 Å². The van der Waals surface area contributed by atoms with Gasteiger partial charge in [0.15, 0.2) is 0 Å². The van der Waals surface area contributed by atoms with E-state index in [0.29, 0.717) is 5.75 Å². The zero-order valence-corrected chi connectivity index (χ0v) is 7.25. The second kappa shape index (κ2) is 7.89. The fraction of sp³-hybridized carbons (Fsp3) is 0.250. The van der Waals surface area contributed by atoms with Crippen LogP contribution in [0.25, 0.3) is 0 Å². The lowest BCUT2D eigenvalue weighted by Crippen LogP contribution is -1.86. The Morgan fingerprint density at radius 1 is 1.50 bits per heavy atom. The van der Waals surface area contributed by atoms with E-state index in [1.54, 1.807) is 23.9 Å². The monoisotopic (exact) mass is 183 g/mol. The number of nitriles is 1. The van der Waals surface area contributed by atoms with Gasteiger partial charge in [0.2, 0.25) is 0 Å². The maximum atomic E-state index is 9.98. The van der Waals surface area contributed by atoms with Gasteiger partial charge in [-0.15, -0.1) is 0 Å². The van der Waals surface area contributed by atoms with Crippen molar-refractivity contribution in [3.63, 3.8) is 0 Å². The van der Waals surface area contributed by atoms with Crippen LogP contribution >= 0.6 is 11.8 Å². The maximum Gasteiger partial charge on any atom is 0.328 e. The van der Waals surface area contributed by atoms with Crippen molar-refractivity contribution in [2.45, 2.75) is 0 Å². The molecule has 0 heterocycles. The van der Waals surface area contributed by atoms with Crippen LogP contribution in [-0.2, 0) is 4.79 Å². The first-order chi connectivity index (χ1) is 5.77. The minimum Gasteiger partial charge on any atom is -0.478 e. The van der Waals surface area contributed by atoms with Crippen LogP contribution in [0.1, 0.15) is 0 Å². The molecule has 1 N–H and O–H groups in total. The van der Waals surface area contributed by atoms with Gasteiger partial charge in [0.25, 0.3) is 0 Å². The van der Waals surface area contributed by atoms with Gasteiger partial charge in [-0.05, 0) is 0 Å². The van der Waals surface area contributed by atoms with Crippen molar-refractivity contribution in [2.75, 3.05) is 11.5 Å². The van der Waals surface area contributed by atoms with Crippen LogP contribution in [0.5, 0.6) is 0 Å². The molecular formula is C8H9NO2S. The molecule has 0 rings (SSSR count). The Bertz CT molecular complexity index is 228. The molecule has 0 aromatic carbocycles. The summed E-state index contributed by atoms with van der Waals surface area (Å²) in [6.45, 7) is 0. The van der Waals surface area contributed by atoms with E-state index in [4.69, 9.17) is 10.4 Å². The van der Waals surface area contributed by atoms with Crippen LogP contribution in [0.15, 0.2) is 24.3 Å². The molecule has 0 unspecified atom stereocenters. The summed E-state index contributed by atoms with van der Waals surface area (Å²) >= 11 is 1.55. The van der Waals surface area contributed by atoms with Crippen LogP contribution in [0.2, 0.25) is 0 Å². The molecule has 0 atom stereocenters. The number of carboxylic acid groups (broad SMARTS) is 1. The molecule has 64 valence electrons. The first kappa shape index (κ1) is 10.8. The minimum atomic E-state index is -0.928. The molecule has 0 aliphatic heterocycles. The second-order valence-corrected chi connectivity index (χ2v) is 2.88. The van der Waals surface area contributed by atoms with Crippen LogP contribution in [0, 0.1) is 11.3 Å². The predicted molar refractivity (Wildman–Crippen MR) is 48.9 cm³/mol. The summed E-state index contributed by atoms with van der Waals surface area (Å²) in [7, 11) is 0. The predicted octanol–water partition coefficient (Wildman–Crippen LogP) is 1.44. The highest BCUT2D eigenvalue weighted by Gasteiger charge is 1.84. The Labute approximate surface area is 75.4 Å². The van der Waals surface area contributed by atoms with E-state index in [0.717, 1.165) is 11.8 Å². The Morgan fingerprint density at radius 2 is 2.17 bits per heavy atom. The van der Waals surface area contributed by atoms with Gasteiger partial charge in [0.1, 0.15) is 0 Å². The summed E-state index contributed by atoms with van der Waals surface area (Å²) < 4.78 is 0. The molecule has 0 saturated heterocycles. The van der Waals surface area contributed by atoms with Gasteiger partial charge in [-0.3, -0.25) is 0 Å². The number of hydrogen-bond acceptors (Lipinski definition) is 3. The van der Waals surface area contributed by atoms with Gasteiger partial charge in [-0.25, -0.2) is 4.79 Å². The number of nitrogens with zero attached hydrogens (tertiary/aromatic N) is 1. The van der Waals surface area contributed by atoms with Crippen molar-refractivity contribution in [1.82, 2.24) is 0 Å². The van der Waals surface area contributed by atoms with Crippen molar-refractivity contribution in [3.05, 3.63) is 24.3 Å². The third-order valence-electron chi connectivity index (χ3n) is 0.881. The molecule has 0 radical (unpaired) electrons. The Morgan fingerprint density at radius 3 is 2.75 bits per heavy atom. The average molecular weight is 183 g/mol. The number of carbonyl (C=O) groups is 1. The summed E-state index contributed by atoms with van der Waals surface area (Å²) in [5.74, 6) is 0.461. The number of thioether (sulfide) groups is 1. The maximum absolute atomic E-state index is 9.98. The van der Waals surface area contributed by atoms with E-state index in [1.807, 2.05) is 6.07 Å². The van der Waals surface area contributed by atoms with Gasteiger partial charge in [-0.2, -0.15) is 17.0 Å². The van der Waals surface area contributed by atoms with Crippen molar-refractivity contribution in [2.24, 2.45) is 0 Å². The zero-order valence-electron chi connectivity index (χ0n) is 6.43. The summed E-state index contributed by atoms with van der Waals surface area (Å²) in [5, 5.41) is 16.3. The number of aliphatic carboxylic acids is 1. The summed E-state index contributed by atoms with van der Waals surface area (Å²) in [6, 6.07) is 1.87. The van der Waals surface area contributed by atoms with Gasteiger partial charge in [0, 0.05) is 23.7 Å². The second-order valence-electron chi connectivity index (χ2n) is 1.81. The molecular weight excluding hydrogens is 174 g/mol. The van der Waals surface area contributed by atoms with Crippen LogP contribution in [0.3, 0.4) is 0 Å². The standard InChI is InChI=1S/C8H9NO2S/c9-5-1-2-6-12-7-3-4-8(10)11/h1-4H,6-7H2,(H,10,11). The fourth-order valence-electron chi connectivity index (χ4n) is 0.454. The highest BCUT2D eigenvalue weighted by molar-refractivity contribution is 7.99. The molecule has 3 nitrogen and oxygen atoms in total. The van der Waals surface area contributed by atoms with Gasteiger partial charge in [0.05, 0.1) is 6.07 Å². The number of allylic oxidation sites excluding steroid dienone is 1. The summed E-state index contributed by atoms with van der Waals surface area (Å²) in [5.41, 5.74) is 0. The molecule has 0 spiro atoms. The van der Waals surface area contributed by atoms with Gasteiger partial charge < -0.3 is 5.11 Å². The molecule has 0 aliphatic rings. The zero-order chi connectivity index (χ0) is 9.23. The molecule has 12 heavy (non-hydrogen) atoms. The van der Waals surface area contributed by atoms with Crippen LogP contribution in [0.4, 0.5) is 0 Å². The minimum absolute atomic E-state index is 0.655.